The predicted octanol–water partition coefficient (Wildman–Crippen LogP) is 1.90. The molecule has 1 amide bonds. The van der Waals surface area contributed by atoms with E-state index in [0.717, 1.165) is 5.56 Å². The zero-order valence-corrected chi connectivity index (χ0v) is 11.0. The van der Waals surface area contributed by atoms with Gasteiger partial charge in [-0.2, -0.15) is 0 Å². The summed E-state index contributed by atoms with van der Waals surface area (Å²) in [5.41, 5.74) is 0.832. The Hall–Kier alpha value is -1.42. The first-order valence-electron chi connectivity index (χ1n) is 5.13. The Kier molecular flexibility index (Phi) is 5.10. The van der Waals surface area contributed by atoms with Crippen molar-refractivity contribution >= 4 is 17.5 Å². The highest BCUT2D eigenvalue weighted by atomic mass is 35.5. The van der Waals surface area contributed by atoms with Gasteiger partial charge in [-0.25, -0.2) is 0 Å². The van der Waals surface area contributed by atoms with Gasteiger partial charge in [-0.15, -0.1) is 11.6 Å². The Morgan fingerprint density at radius 2 is 1.82 bits per heavy atom. The van der Waals surface area contributed by atoms with E-state index in [2.05, 4.69) is 0 Å². The van der Waals surface area contributed by atoms with Crippen LogP contribution in [0.25, 0.3) is 0 Å². The SMILES string of the molecule is COc1cccc(OC)c1CN(C)C(=O)CCl. The zero-order chi connectivity index (χ0) is 12.8. The molecular weight excluding hydrogens is 242 g/mol. The standard InChI is InChI=1S/C12H16ClNO3/c1-14(12(15)7-13)8-9-10(16-2)5-4-6-11(9)17-3/h4-6H,7-8H2,1-3H3. The van der Waals surface area contributed by atoms with Gasteiger partial charge in [0.1, 0.15) is 17.4 Å². The maximum absolute atomic E-state index is 11.4. The van der Waals surface area contributed by atoms with Gasteiger partial charge in [0.15, 0.2) is 0 Å². The lowest BCUT2D eigenvalue weighted by Gasteiger charge is -2.19. The summed E-state index contributed by atoms with van der Waals surface area (Å²) in [4.78, 5) is 13.0. The normalized spacial score (nSPS) is 9.88. The van der Waals surface area contributed by atoms with E-state index in [4.69, 9.17) is 21.1 Å². The van der Waals surface area contributed by atoms with E-state index in [1.807, 2.05) is 18.2 Å². The average Bonchev–Trinajstić information content (AvgIpc) is 2.37. The van der Waals surface area contributed by atoms with Crippen molar-refractivity contribution in [3.8, 4) is 11.5 Å². The monoisotopic (exact) mass is 257 g/mol. The number of methoxy groups -OCH3 is 2. The number of hydrogen-bond donors (Lipinski definition) is 0. The van der Waals surface area contributed by atoms with Gasteiger partial charge in [0, 0.05) is 7.05 Å². The lowest BCUT2D eigenvalue weighted by atomic mass is 10.1. The topological polar surface area (TPSA) is 38.8 Å². The average molecular weight is 258 g/mol. The molecule has 0 aliphatic rings. The Bertz CT molecular complexity index is 373. The molecule has 4 nitrogen and oxygen atoms in total. The smallest absolute Gasteiger partial charge is 0.237 e. The summed E-state index contributed by atoms with van der Waals surface area (Å²) < 4.78 is 10.5. The number of carbonyl (C=O) groups is 1. The van der Waals surface area contributed by atoms with E-state index in [1.54, 1.807) is 21.3 Å². The van der Waals surface area contributed by atoms with Crippen molar-refractivity contribution in [2.24, 2.45) is 0 Å². The first-order valence-corrected chi connectivity index (χ1v) is 5.67. The molecule has 0 aliphatic carbocycles. The minimum absolute atomic E-state index is 0.0338. The minimum atomic E-state index is -0.139. The third-order valence-electron chi connectivity index (χ3n) is 2.47. The fourth-order valence-corrected chi connectivity index (χ4v) is 1.72. The summed E-state index contributed by atoms with van der Waals surface area (Å²) in [6, 6.07) is 5.50. The Balaban J connectivity index is 2.99. The summed E-state index contributed by atoms with van der Waals surface area (Å²) in [6.07, 6.45) is 0. The van der Waals surface area contributed by atoms with E-state index in [1.165, 1.54) is 4.90 Å². The van der Waals surface area contributed by atoms with Gasteiger partial charge < -0.3 is 14.4 Å². The molecule has 94 valence electrons. The second kappa shape index (κ2) is 6.35. The van der Waals surface area contributed by atoms with Gasteiger partial charge in [0.25, 0.3) is 0 Å². The number of hydrogen-bond acceptors (Lipinski definition) is 3. The molecule has 1 aromatic rings. The molecule has 1 aromatic carbocycles. The van der Waals surface area contributed by atoms with E-state index >= 15 is 0 Å². The lowest BCUT2D eigenvalue weighted by molar-refractivity contribution is -0.127. The van der Waals surface area contributed by atoms with Crippen LogP contribution in [0.4, 0.5) is 0 Å². The molecule has 0 aliphatic heterocycles. The van der Waals surface area contributed by atoms with Crippen LogP contribution in [0, 0.1) is 0 Å². The number of halogens is 1. The summed E-state index contributed by atoms with van der Waals surface area (Å²) in [5, 5.41) is 0. The maximum Gasteiger partial charge on any atom is 0.237 e. The van der Waals surface area contributed by atoms with Crippen molar-refractivity contribution in [1.29, 1.82) is 0 Å². The van der Waals surface area contributed by atoms with Crippen LogP contribution in [-0.2, 0) is 11.3 Å². The first kappa shape index (κ1) is 13.6. The molecule has 0 heterocycles. The highest BCUT2D eigenvalue weighted by Gasteiger charge is 2.14. The first-order chi connectivity index (χ1) is 8.13. The van der Waals surface area contributed by atoms with Gasteiger partial charge in [0.2, 0.25) is 5.91 Å². The largest absolute Gasteiger partial charge is 0.496 e. The fraction of sp³-hybridized carbons (Fsp3) is 0.417. The zero-order valence-electron chi connectivity index (χ0n) is 10.2. The molecule has 0 radical (unpaired) electrons. The molecule has 0 unspecified atom stereocenters. The minimum Gasteiger partial charge on any atom is -0.496 e. The van der Waals surface area contributed by atoms with Crippen LogP contribution in [0.5, 0.6) is 11.5 Å². The number of nitrogens with zero attached hydrogens (tertiary/aromatic N) is 1. The quantitative estimate of drug-likeness (QED) is 0.757. The van der Waals surface area contributed by atoms with Gasteiger partial charge in [0.05, 0.1) is 26.3 Å². The van der Waals surface area contributed by atoms with Crippen molar-refractivity contribution in [3.63, 3.8) is 0 Å². The predicted molar refractivity (Wildman–Crippen MR) is 66.7 cm³/mol. The molecule has 0 bridgehead atoms. The van der Waals surface area contributed by atoms with Crippen LogP contribution in [0.2, 0.25) is 0 Å². The van der Waals surface area contributed by atoms with Crippen LogP contribution in [0.15, 0.2) is 18.2 Å². The summed E-state index contributed by atoms with van der Waals surface area (Å²) in [6.45, 7) is 0.402. The molecule has 0 saturated heterocycles. The second-order valence-corrected chi connectivity index (χ2v) is 3.79. The second-order valence-electron chi connectivity index (χ2n) is 3.52. The van der Waals surface area contributed by atoms with Crippen molar-refractivity contribution in [1.82, 2.24) is 4.90 Å². The summed E-state index contributed by atoms with van der Waals surface area (Å²) in [7, 11) is 4.86. The van der Waals surface area contributed by atoms with Crippen LogP contribution in [0.3, 0.4) is 0 Å². The van der Waals surface area contributed by atoms with Gasteiger partial charge in [-0.1, -0.05) is 6.07 Å². The number of ether oxygens (including phenoxy) is 2. The van der Waals surface area contributed by atoms with Gasteiger partial charge in [-0.05, 0) is 12.1 Å². The Morgan fingerprint density at radius 3 is 2.24 bits per heavy atom. The van der Waals surface area contributed by atoms with Crippen molar-refractivity contribution in [2.45, 2.75) is 6.54 Å². The summed E-state index contributed by atoms with van der Waals surface area (Å²) in [5.74, 6) is 1.21. The molecule has 0 spiro atoms. The third-order valence-corrected chi connectivity index (χ3v) is 2.69. The molecule has 0 saturated carbocycles. The molecule has 1 rings (SSSR count). The van der Waals surface area contributed by atoms with Crippen LogP contribution >= 0.6 is 11.6 Å². The molecule has 5 heteroatoms. The maximum atomic E-state index is 11.4. The van der Waals surface area contributed by atoms with E-state index in [0.29, 0.717) is 18.0 Å². The highest BCUT2D eigenvalue weighted by Crippen LogP contribution is 2.29. The molecule has 0 N–H and O–H groups in total. The molecule has 0 atom stereocenters. The number of benzene rings is 1. The third kappa shape index (κ3) is 3.27. The molecular formula is C12H16ClNO3. The van der Waals surface area contributed by atoms with E-state index in [9.17, 15) is 4.79 Å². The lowest BCUT2D eigenvalue weighted by Crippen LogP contribution is -2.27. The van der Waals surface area contributed by atoms with E-state index < -0.39 is 0 Å². The van der Waals surface area contributed by atoms with Crippen molar-refractivity contribution < 1.29 is 14.3 Å². The van der Waals surface area contributed by atoms with Gasteiger partial charge in [-0.3, -0.25) is 4.79 Å². The fourth-order valence-electron chi connectivity index (χ4n) is 1.51. The van der Waals surface area contributed by atoms with Crippen LogP contribution in [-0.4, -0.2) is 38.0 Å². The molecule has 17 heavy (non-hydrogen) atoms. The highest BCUT2D eigenvalue weighted by molar-refractivity contribution is 6.27. The van der Waals surface area contributed by atoms with Gasteiger partial charge >= 0.3 is 0 Å². The van der Waals surface area contributed by atoms with Crippen molar-refractivity contribution in [3.05, 3.63) is 23.8 Å². The van der Waals surface area contributed by atoms with Crippen LogP contribution in [0.1, 0.15) is 5.56 Å². The Labute approximate surface area is 106 Å². The Morgan fingerprint density at radius 1 is 1.29 bits per heavy atom. The number of alkyl halides is 1. The summed E-state index contributed by atoms with van der Waals surface area (Å²) >= 11 is 5.51. The number of amides is 1. The number of carbonyl (C=O) groups excluding carboxylic acids is 1. The molecule has 0 fully saturated rings. The van der Waals surface area contributed by atoms with E-state index in [-0.39, 0.29) is 11.8 Å². The number of rotatable bonds is 5. The van der Waals surface area contributed by atoms with Crippen LogP contribution < -0.4 is 9.47 Å². The van der Waals surface area contributed by atoms with Crippen molar-refractivity contribution in [2.75, 3.05) is 27.1 Å². The molecule has 0 aromatic heterocycles.